The number of benzene rings is 4. The highest BCUT2D eigenvalue weighted by Crippen LogP contribution is 2.39. The SMILES string of the molecule is CC1(C)Cc2cc(-c3nn(C(=O)Nc4ccc(Oc5ccc(Cl)cc5)cc4)cc3-c3ccccc3)ccc2O1. The smallest absolute Gasteiger partial charge is 0.346 e. The van der Waals surface area contributed by atoms with E-state index < -0.39 is 0 Å². The lowest BCUT2D eigenvalue weighted by atomic mass is 9.97. The number of halogens is 1. The molecule has 6 rings (SSSR count). The molecule has 39 heavy (non-hydrogen) atoms. The number of amides is 1. The van der Waals surface area contributed by atoms with Gasteiger partial charge in [-0.2, -0.15) is 9.78 Å². The van der Waals surface area contributed by atoms with Crippen molar-refractivity contribution in [3.8, 4) is 39.6 Å². The normalized spacial score (nSPS) is 13.4. The van der Waals surface area contributed by atoms with Crippen LogP contribution in [-0.2, 0) is 6.42 Å². The molecule has 2 heterocycles. The summed E-state index contributed by atoms with van der Waals surface area (Å²) in [5.41, 5.74) is 5.04. The van der Waals surface area contributed by atoms with Crippen molar-refractivity contribution >= 4 is 23.3 Å². The molecule has 1 N–H and O–H groups in total. The van der Waals surface area contributed by atoms with Gasteiger partial charge in [0.1, 0.15) is 28.5 Å². The van der Waals surface area contributed by atoms with Gasteiger partial charge in [0.25, 0.3) is 0 Å². The molecule has 7 heteroatoms. The molecular formula is C32H26ClN3O3. The molecule has 0 fully saturated rings. The Morgan fingerprint density at radius 2 is 1.62 bits per heavy atom. The number of carbonyl (C=O) groups is 1. The van der Waals surface area contributed by atoms with Crippen LogP contribution in [0.15, 0.2) is 103 Å². The molecule has 1 aromatic heterocycles. The average molecular weight is 536 g/mol. The third-order valence-electron chi connectivity index (χ3n) is 6.50. The zero-order valence-electron chi connectivity index (χ0n) is 21.5. The fourth-order valence-electron chi connectivity index (χ4n) is 4.70. The highest BCUT2D eigenvalue weighted by atomic mass is 35.5. The monoisotopic (exact) mass is 535 g/mol. The maximum Gasteiger partial charge on any atom is 0.346 e. The van der Waals surface area contributed by atoms with Gasteiger partial charge in [-0.05, 0) is 91.7 Å². The summed E-state index contributed by atoms with van der Waals surface area (Å²) < 4.78 is 13.2. The molecule has 1 aliphatic rings. The average Bonchev–Trinajstić information content (AvgIpc) is 3.51. The summed E-state index contributed by atoms with van der Waals surface area (Å²) >= 11 is 5.94. The lowest BCUT2D eigenvalue weighted by Crippen LogP contribution is -2.24. The second-order valence-corrected chi connectivity index (χ2v) is 10.5. The molecule has 4 aromatic carbocycles. The maximum atomic E-state index is 13.2. The fourth-order valence-corrected chi connectivity index (χ4v) is 4.83. The predicted molar refractivity (Wildman–Crippen MR) is 154 cm³/mol. The first-order valence-corrected chi connectivity index (χ1v) is 13.0. The maximum absolute atomic E-state index is 13.2. The van der Waals surface area contributed by atoms with Crippen molar-refractivity contribution in [2.24, 2.45) is 0 Å². The van der Waals surface area contributed by atoms with Gasteiger partial charge in [-0.15, -0.1) is 0 Å². The number of hydrogen-bond donors (Lipinski definition) is 1. The molecule has 0 unspecified atom stereocenters. The number of fused-ring (bicyclic) bond motifs is 1. The Balaban J connectivity index is 1.26. The minimum Gasteiger partial charge on any atom is -0.487 e. The van der Waals surface area contributed by atoms with Crippen molar-refractivity contribution in [3.63, 3.8) is 0 Å². The third kappa shape index (κ3) is 5.38. The molecular weight excluding hydrogens is 510 g/mol. The fraction of sp³-hybridized carbons (Fsp3) is 0.125. The Labute approximate surface area is 231 Å². The molecule has 0 radical (unpaired) electrons. The molecule has 194 valence electrons. The molecule has 0 bridgehead atoms. The van der Waals surface area contributed by atoms with E-state index in [4.69, 9.17) is 26.2 Å². The van der Waals surface area contributed by atoms with Gasteiger partial charge in [0.05, 0.1) is 0 Å². The highest BCUT2D eigenvalue weighted by Gasteiger charge is 2.30. The van der Waals surface area contributed by atoms with Crippen LogP contribution in [0.5, 0.6) is 17.2 Å². The van der Waals surface area contributed by atoms with E-state index in [1.165, 1.54) is 4.68 Å². The van der Waals surface area contributed by atoms with Gasteiger partial charge in [0.15, 0.2) is 0 Å². The number of aromatic nitrogens is 2. The number of rotatable bonds is 5. The second kappa shape index (κ2) is 9.97. The Hall–Kier alpha value is -4.55. The lowest BCUT2D eigenvalue weighted by Gasteiger charge is -2.16. The van der Waals surface area contributed by atoms with E-state index in [1.807, 2.05) is 42.5 Å². The molecule has 0 spiro atoms. The zero-order chi connectivity index (χ0) is 27.0. The summed E-state index contributed by atoms with van der Waals surface area (Å²) in [6.07, 6.45) is 2.58. The quantitative estimate of drug-likeness (QED) is 0.245. The van der Waals surface area contributed by atoms with Crippen LogP contribution in [0.25, 0.3) is 22.4 Å². The number of hydrogen-bond acceptors (Lipinski definition) is 4. The van der Waals surface area contributed by atoms with E-state index in [-0.39, 0.29) is 11.6 Å². The van der Waals surface area contributed by atoms with E-state index >= 15 is 0 Å². The summed E-state index contributed by atoms with van der Waals surface area (Å²) in [6, 6.07) is 30.0. The van der Waals surface area contributed by atoms with Gasteiger partial charge in [0.2, 0.25) is 0 Å². The van der Waals surface area contributed by atoms with Gasteiger partial charge in [-0.25, -0.2) is 4.79 Å². The molecule has 0 saturated heterocycles. The van der Waals surface area contributed by atoms with Crippen LogP contribution in [0.3, 0.4) is 0 Å². The van der Waals surface area contributed by atoms with Crippen LogP contribution in [0.2, 0.25) is 5.02 Å². The largest absolute Gasteiger partial charge is 0.487 e. The molecule has 1 aliphatic heterocycles. The van der Waals surface area contributed by atoms with Crippen molar-refractivity contribution in [3.05, 3.63) is 114 Å². The van der Waals surface area contributed by atoms with E-state index in [0.717, 1.165) is 40.1 Å². The topological polar surface area (TPSA) is 65.4 Å². The number of nitrogens with one attached hydrogen (secondary N) is 1. The predicted octanol–water partition coefficient (Wildman–Crippen LogP) is 8.46. The van der Waals surface area contributed by atoms with E-state index in [2.05, 4.69) is 25.2 Å². The summed E-state index contributed by atoms with van der Waals surface area (Å²) in [6.45, 7) is 4.16. The van der Waals surface area contributed by atoms with Crippen molar-refractivity contribution in [2.45, 2.75) is 25.9 Å². The van der Waals surface area contributed by atoms with E-state index in [9.17, 15) is 4.79 Å². The van der Waals surface area contributed by atoms with E-state index in [0.29, 0.717) is 22.2 Å². The minimum atomic E-state index is -0.365. The van der Waals surface area contributed by atoms with Crippen LogP contribution in [0.1, 0.15) is 19.4 Å². The lowest BCUT2D eigenvalue weighted by molar-refractivity contribution is 0.138. The standard InChI is InChI=1S/C32H26ClN3O3/c1-32(2)19-23-18-22(8-17-29(23)39-32)30-28(21-6-4-3-5-7-21)20-36(35-30)31(37)34-25-11-15-27(16-12-25)38-26-13-9-24(33)10-14-26/h3-18,20H,19H2,1-2H3,(H,34,37). The van der Waals surface area contributed by atoms with Crippen LogP contribution >= 0.6 is 11.6 Å². The number of ether oxygens (including phenoxy) is 2. The number of anilines is 1. The number of carbonyl (C=O) groups excluding carboxylic acids is 1. The van der Waals surface area contributed by atoms with Gasteiger partial charge in [-0.1, -0.05) is 41.9 Å². The van der Waals surface area contributed by atoms with Crippen molar-refractivity contribution in [1.82, 2.24) is 9.78 Å². The van der Waals surface area contributed by atoms with Crippen LogP contribution in [0.4, 0.5) is 10.5 Å². The Bertz CT molecular complexity index is 1640. The van der Waals surface area contributed by atoms with Crippen LogP contribution in [-0.4, -0.2) is 21.4 Å². The molecule has 0 saturated carbocycles. The first kappa shape index (κ1) is 24.8. The zero-order valence-corrected chi connectivity index (χ0v) is 22.3. The number of nitrogens with zero attached hydrogens (tertiary/aromatic N) is 2. The van der Waals surface area contributed by atoms with Gasteiger partial charge < -0.3 is 14.8 Å². The van der Waals surface area contributed by atoms with Crippen molar-refractivity contribution in [2.75, 3.05) is 5.32 Å². The van der Waals surface area contributed by atoms with Gasteiger partial charge >= 0.3 is 6.03 Å². The Morgan fingerprint density at radius 3 is 2.33 bits per heavy atom. The van der Waals surface area contributed by atoms with Crippen molar-refractivity contribution < 1.29 is 14.3 Å². The first-order valence-electron chi connectivity index (χ1n) is 12.7. The molecule has 0 aliphatic carbocycles. The van der Waals surface area contributed by atoms with Gasteiger partial charge in [0, 0.05) is 34.5 Å². The Kier molecular flexibility index (Phi) is 6.33. The minimum absolute atomic E-state index is 0.238. The van der Waals surface area contributed by atoms with Gasteiger partial charge in [-0.3, -0.25) is 0 Å². The summed E-state index contributed by atoms with van der Waals surface area (Å²) in [5.74, 6) is 2.22. The third-order valence-corrected chi connectivity index (χ3v) is 6.75. The van der Waals surface area contributed by atoms with Crippen LogP contribution < -0.4 is 14.8 Å². The molecule has 0 atom stereocenters. The molecule has 1 amide bonds. The Morgan fingerprint density at radius 1 is 0.923 bits per heavy atom. The second-order valence-electron chi connectivity index (χ2n) is 10.1. The van der Waals surface area contributed by atoms with Crippen molar-refractivity contribution in [1.29, 1.82) is 0 Å². The summed E-state index contributed by atoms with van der Waals surface area (Å²) in [7, 11) is 0. The summed E-state index contributed by atoms with van der Waals surface area (Å²) in [4.78, 5) is 13.2. The van der Waals surface area contributed by atoms with Crippen LogP contribution in [0, 0.1) is 0 Å². The highest BCUT2D eigenvalue weighted by molar-refractivity contribution is 6.30. The molecule has 6 nitrogen and oxygen atoms in total. The molecule has 5 aromatic rings. The first-order chi connectivity index (χ1) is 18.8. The van der Waals surface area contributed by atoms with E-state index in [1.54, 1.807) is 54.7 Å². The summed E-state index contributed by atoms with van der Waals surface area (Å²) in [5, 5.41) is 8.29.